The number of benzene rings is 1. The van der Waals surface area contributed by atoms with Gasteiger partial charge < -0.3 is 9.47 Å². The molecule has 1 aromatic heterocycles. The molecule has 0 radical (unpaired) electrons. The predicted molar refractivity (Wildman–Crippen MR) is 113 cm³/mol. The summed E-state index contributed by atoms with van der Waals surface area (Å²) in [5, 5.41) is 4.66. The molecule has 0 bridgehead atoms. The number of hydrogen-bond acceptors (Lipinski definition) is 5. The Morgan fingerprint density at radius 1 is 1.24 bits per heavy atom. The highest BCUT2D eigenvalue weighted by molar-refractivity contribution is 7.99. The van der Waals surface area contributed by atoms with Gasteiger partial charge in [0.05, 0.1) is 22.9 Å². The summed E-state index contributed by atoms with van der Waals surface area (Å²) < 4.78 is 26.3. The Bertz CT molecular complexity index is 798. The van der Waals surface area contributed by atoms with Crippen molar-refractivity contribution in [2.45, 2.75) is 82.4 Å². The van der Waals surface area contributed by atoms with Gasteiger partial charge in [0.15, 0.2) is 0 Å². The second kappa shape index (κ2) is 10.8. The molecule has 0 saturated heterocycles. The van der Waals surface area contributed by atoms with Crippen LogP contribution in [0.1, 0.15) is 58.3 Å². The fourth-order valence-corrected chi connectivity index (χ4v) is 3.75. The summed E-state index contributed by atoms with van der Waals surface area (Å²) in [7, 11) is 0. The predicted octanol–water partition coefficient (Wildman–Crippen LogP) is 5.53. The van der Waals surface area contributed by atoms with E-state index >= 15 is 0 Å². The van der Waals surface area contributed by atoms with Crippen LogP contribution in [0.2, 0.25) is 0 Å². The van der Waals surface area contributed by atoms with E-state index in [2.05, 4.69) is 12.0 Å². The van der Waals surface area contributed by atoms with E-state index in [9.17, 15) is 9.18 Å². The van der Waals surface area contributed by atoms with Crippen molar-refractivity contribution in [1.82, 2.24) is 9.78 Å². The number of ether oxygens (including phenoxy) is 2. The third-order valence-electron chi connectivity index (χ3n) is 3.96. The summed E-state index contributed by atoms with van der Waals surface area (Å²) in [6, 6.07) is 6.43. The lowest BCUT2D eigenvalue weighted by Crippen LogP contribution is -2.24. The van der Waals surface area contributed by atoms with Crippen LogP contribution >= 0.6 is 11.8 Å². The molecule has 0 fully saturated rings. The highest BCUT2D eigenvalue weighted by atomic mass is 32.2. The second-order valence-electron chi connectivity index (χ2n) is 7.88. The Labute approximate surface area is 177 Å². The molecule has 5 nitrogen and oxygen atoms in total. The van der Waals surface area contributed by atoms with Crippen molar-refractivity contribution < 1.29 is 18.7 Å². The lowest BCUT2D eigenvalue weighted by molar-refractivity contribution is -0.154. The first kappa shape index (κ1) is 23.4. The molecule has 0 aliphatic heterocycles. The smallest absolute Gasteiger partial charge is 0.306 e. The molecule has 0 aliphatic rings. The van der Waals surface area contributed by atoms with Gasteiger partial charge in [0, 0.05) is 24.5 Å². The Morgan fingerprint density at radius 2 is 1.93 bits per heavy atom. The number of esters is 1. The molecule has 0 atom stereocenters. The summed E-state index contributed by atoms with van der Waals surface area (Å²) in [6.45, 7) is 11.3. The molecule has 7 heteroatoms. The van der Waals surface area contributed by atoms with Gasteiger partial charge in [0.1, 0.15) is 11.4 Å². The monoisotopic (exact) mass is 422 g/mol. The Morgan fingerprint density at radius 3 is 2.55 bits per heavy atom. The molecule has 29 heavy (non-hydrogen) atoms. The summed E-state index contributed by atoms with van der Waals surface area (Å²) >= 11 is 1.55. The Kier molecular flexibility index (Phi) is 8.71. The number of aryl methyl sites for hydroxylation is 2. The van der Waals surface area contributed by atoms with Crippen LogP contribution in [0.5, 0.6) is 0 Å². The van der Waals surface area contributed by atoms with Gasteiger partial charge in [-0.2, -0.15) is 5.10 Å². The minimum atomic E-state index is -0.475. The van der Waals surface area contributed by atoms with Crippen molar-refractivity contribution in [3.8, 4) is 0 Å². The second-order valence-corrected chi connectivity index (χ2v) is 8.97. The number of rotatable bonds is 10. The lowest BCUT2D eigenvalue weighted by atomic mass is 10.2. The minimum Gasteiger partial charge on any atom is -0.460 e. The lowest BCUT2D eigenvalue weighted by Gasteiger charge is -2.19. The van der Waals surface area contributed by atoms with Crippen molar-refractivity contribution >= 4 is 17.7 Å². The van der Waals surface area contributed by atoms with E-state index < -0.39 is 5.60 Å². The van der Waals surface area contributed by atoms with Gasteiger partial charge in [-0.05, 0) is 64.8 Å². The van der Waals surface area contributed by atoms with Gasteiger partial charge in [0.25, 0.3) is 0 Å². The van der Waals surface area contributed by atoms with Gasteiger partial charge in [-0.15, -0.1) is 0 Å². The van der Waals surface area contributed by atoms with E-state index in [0.717, 1.165) is 27.6 Å². The van der Waals surface area contributed by atoms with Gasteiger partial charge in [0.2, 0.25) is 0 Å². The minimum absolute atomic E-state index is 0.203. The zero-order valence-corrected chi connectivity index (χ0v) is 18.8. The van der Waals surface area contributed by atoms with E-state index in [1.807, 2.05) is 32.4 Å². The van der Waals surface area contributed by atoms with Crippen molar-refractivity contribution in [2.24, 2.45) is 0 Å². The molecule has 0 spiro atoms. The fraction of sp³-hybridized carbons (Fsp3) is 0.545. The quantitative estimate of drug-likeness (QED) is 0.372. The molecular formula is C22H31FN2O3S. The molecule has 1 heterocycles. The average Bonchev–Trinajstić information content (AvgIpc) is 2.91. The third kappa shape index (κ3) is 7.82. The fourth-order valence-electron chi connectivity index (χ4n) is 2.77. The first-order valence-electron chi connectivity index (χ1n) is 9.99. The van der Waals surface area contributed by atoms with Crippen LogP contribution in [0.25, 0.3) is 0 Å². The first-order chi connectivity index (χ1) is 13.7. The van der Waals surface area contributed by atoms with Crippen LogP contribution in [0.3, 0.4) is 0 Å². The average molecular weight is 423 g/mol. The van der Waals surface area contributed by atoms with Crippen molar-refractivity contribution in [1.29, 1.82) is 0 Å². The molecule has 160 valence electrons. The molecule has 2 rings (SSSR count). The maximum Gasteiger partial charge on any atom is 0.306 e. The molecule has 0 unspecified atom stereocenters. The van der Waals surface area contributed by atoms with Crippen molar-refractivity contribution in [3.63, 3.8) is 0 Å². The van der Waals surface area contributed by atoms with Gasteiger partial charge in [-0.1, -0.05) is 18.7 Å². The SMILES string of the molecule is CCCOCc1c(Sc2ccc(F)cc2)c(C)nn1CCCC(=O)OC(C)(C)C. The molecule has 2 aromatic rings. The number of aromatic nitrogens is 2. The molecule has 0 saturated carbocycles. The maximum absolute atomic E-state index is 13.2. The van der Waals surface area contributed by atoms with Gasteiger partial charge in [-0.25, -0.2) is 4.39 Å². The summed E-state index contributed by atoms with van der Waals surface area (Å²) in [5.74, 6) is -0.457. The normalized spacial score (nSPS) is 11.7. The highest BCUT2D eigenvalue weighted by Gasteiger charge is 2.19. The first-order valence-corrected chi connectivity index (χ1v) is 10.8. The highest BCUT2D eigenvalue weighted by Crippen LogP contribution is 2.34. The number of hydrogen-bond donors (Lipinski definition) is 0. The largest absolute Gasteiger partial charge is 0.460 e. The topological polar surface area (TPSA) is 53.4 Å². The zero-order chi connectivity index (χ0) is 21.4. The van der Waals surface area contributed by atoms with E-state index in [4.69, 9.17) is 9.47 Å². The number of nitrogens with zero attached hydrogens (tertiary/aromatic N) is 2. The third-order valence-corrected chi connectivity index (χ3v) is 5.21. The standard InChI is InChI=1S/C22H31FN2O3S/c1-6-14-27-15-19-21(29-18-11-9-17(23)10-12-18)16(2)24-25(19)13-7-8-20(26)28-22(3,4)5/h9-12H,6-8,13-15H2,1-5H3. The van der Waals surface area contributed by atoms with Crippen molar-refractivity contribution in [2.75, 3.05) is 6.61 Å². The van der Waals surface area contributed by atoms with Crippen LogP contribution in [-0.2, 0) is 27.4 Å². The maximum atomic E-state index is 13.2. The van der Waals surface area contributed by atoms with E-state index in [1.165, 1.54) is 12.1 Å². The number of halogens is 1. The van der Waals surface area contributed by atoms with E-state index in [0.29, 0.717) is 32.6 Å². The number of carbonyl (C=O) groups excluding carboxylic acids is 1. The zero-order valence-electron chi connectivity index (χ0n) is 18.0. The van der Waals surface area contributed by atoms with E-state index in [1.54, 1.807) is 23.9 Å². The molecule has 0 amide bonds. The van der Waals surface area contributed by atoms with Gasteiger partial charge in [-0.3, -0.25) is 9.48 Å². The Hall–Kier alpha value is -1.86. The molecule has 0 aliphatic carbocycles. The van der Waals surface area contributed by atoms with Gasteiger partial charge >= 0.3 is 5.97 Å². The van der Waals surface area contributed by atoms with Crippen molar-refractivity contribution in [3.05, 3.63) is 41.5 Å². The van der Waals surface area contributed by atoms with Crippen LogP contribution in [-0.4, -0.2) is 28.0 Å². The van der Waals surface area contributed by atoms with Crippen LogP contribution in [0, 0.1) is 12.7 Å². The van der Waals surface area contributed by atoms with Crippen LogP contribution in [0.15, 0.2) is 34.1 Å². The van der Waals surface area contributed by atoms with E-state index in [-0.39, 0.29) is 11.8 Å². The molecule has 1 aromatic carbocycles. The Balaban J connectivity index is 2.11. The van der Waals surface area contributed by atoms with Crippen LogP contribution in [0.4, 0.5) is 4.39 Å². The number of carbonyl (C=O) groups is 1. The summed E-state index contributed by atoms with van der Waals surface area (Å²) in [6.07, 6.45) is 1.91. The van der Waals surface area contributed by atoms with Crippen LogP contribution < -0.4 is 0 Å². The summed E-state index contributed by atoms with van der Waals surface area (Å²) in [4.78, 5) is 13.9. The molecular weight excluding hydrogens is 391 g/mol. The molecule has 0 N–H and O–H groups in total. The summed E-state index contributed by atoms with van der Waals surface area (Å²) in [5.41, 5.74) is 1.40.